The van der Waals surface area contributed by atoms with Crippen LogP contribution in [0.15, 0.2) is 66.7 Å². The Labute approximate surface area is 481 Å². The van der Waals surface area contributed by atoms with Crippen LogP contribution in [-0.2, 0) is 40.0 Å². The van der Waals surface area contributed by atoms with Gasteiger partial charge in [-0.15, -0.1) is 0 Å². The number of benzene rings is 2. The number of aryl methyl sites for hydroxylation is 2. The van der Waals surface area contributed by atoms with E-state index in [2.05, 4.69) is 115 Å². The molecule has 0 bridgehead atoms. The normalized spacial score (nSPS) is 20.0. The molecule has 2 aromatic heterocycles. The average molecular weight is 1310 g/mol. The van der Waals surface area contributed by atoms with Gasteiger partial charge < -0.3 is 24.8 Å². The van der Waals surface area contributed by atoms with Crippen molar-refractivity contribution in [1.29, 1.82) is 0 Å². The van der Waals surface area contributed by atoms with Gasteiger partial charge in [0.2, 0.25) is 11.8 Å². The third-order valence-corrected chi connectivity index (χ3v) is 19.2. The number of nitrogens with one attached hydrogen (secondary N) is 1. The molecule has 3 atom stereocenters. The Morgan fingerprint density at radius 2 is 1.16 bits per heavy atom. The van der Waals surface area contributed by atoms with Gasteiger partial charge in [-0.05, 0) is 213 Å². The monoisotopic (exact) mass is 1300 g/mol. The fraction of sp³-hybridized carbons (Fsp3) is 0.554. The van der Waals surface area contributed by atoms with E-state index in [0.29, 0.717) is 56.8 Å². The van der Waals surface area contributed by atoms with Crippen molar-refractivity contribution in [3.8, 4) is 0 Å². The summed E-state index contributed by atoms with van der Waals surface area (Å²) >= 11 is 27.7. The van der Waals surface area contributed by atoms with E-state index in [1.54, 1.807) is 4.90 Å². The minimum Gasteiger partial charge on any atom is -0.444 e. The largest absolute Gasteiger partial charge is 0.444 e. The van der Waals surface area contributed by atoms with Crippen LogP contribution in [0.25, 0.3) is 0 Å². The molecule has 74 heavy (non-hydrogen) atoms. The van der Waals surface area contributed by atoms with E-state index in [4.69, 9.17) is 37.9 Å². The molecule has 9 rings (SSSR count). The fourth-order valence-corrected chi connectivity index (χ4v) is 13.6. The van der Waals surface area contributed by atoms with Gasteiger partial charge in [-0.1, -0.05) is 48.7 Å². The van der Waals surface area contributed by atoms with Gasteiger partial charge >= 0.3 is 6.09 Å². The molecule has 3 amide bonds. The van der Waals surface area contributed by atoms with Gasteiger partial charge in [-0.2, -0.15) is 0 Å². The first kappa shape index (κ1) is 57.5. The maximum Gasteiger partial charge on any atom is 0.410 e. The first-order chi connectivity index (χ1) is 35.4. The standard InChI is InChI=1S/C30H37Br2ClN4O3.C26H33Br2ClN4O/c1-30(2,3)40-29(39)37-10-8-19(9-11-37)16-25(38)35-12-14-36(15-13-35)28-23-6-7-24(33)26(32)22(23)5-4-20-17-21(31)18-34-27(20)28;1-3-17(8-9-30-2)14-23(34)32-10-12-33(13-11-32)26-21-6-7-22(29)24(28)20(21)5-4-18-15-19(27)16-31-25(18)26/h6-7,17-19,28H,4-5,8-16H2,1-3H3;6-7,15-17,26,30H,3-5,8-14H2,1-2H3. The highest BCUT2D eigenvalue weighted by Gasteiger charge is 2.37. The van der Waals surface area contributed by atoms with Gasteiger partial charge in [-0.3, -0.25) is 29.4 Å². The van der Waals surface area contributed by atoms with Crippen molar-refractivity contribution in [2.24, 2.45) is 11.8 Å². The lowest BCUT2D eigenvalue weighted by molar-refractivity contribution is -0.135. The van der Waals surface area contributed by atoms with Crippen LogP contribution in [0.1, 0.15) is 123 Å². The number of ether oxygens (including phenoxy) is 1. The molecule has 12 nitrogen and oxygen atoms in total. The molecule has 2 aliphatic carbocycles. The number of halogens is 6. The summed E-state index contributed by atoms with van der Waals surface area (Å²) in [4.78, 5) is 59.3. The van der Waals surface area contributed by atoms with Crippen molar-refractivity contribution in [2.45, 2.75) is 110 Å². The van der Waals surface area contributed by atoms with Crippen molar-refractivity contribution in [3.63, 3.8) is 0 Å². The van der Waals surface area contributed by atoms with Crippen molar-refractivity contribution >= 4 is 105 Å². The second kappa shape index (κ2) is 25.9. The molecule has 3 unspecified atom stereocenters. The smallest absolute Gasteiger partial charge is 0.410 e. The molecule has 400 valence electrons. The zero-order valence-electron chi connectivity index (χ0n) is 43.3. The van der Waals surface area contributed by atoms with E-state index < -0.39 is 5.60 Å². The number of carbonyl (C=O) groups is 3. The lowest BCUT2D eigenvalue weighted by atomic mass is 9.93. The van der Waals surface area contributed by atoms with E-state index >= 15 is 0 Å². The molecule has 3 saturated heterocycles. The summed E-state index contributed by atoms with van der Waals surface area (Å²) in [7, 11) is 1.97. The number of amides is 3. The van der Waals surface area contributed by atoms with E-state index in [0.717, 1.165) is 137 Å². The summed E-state index contributed by atoms with van der Waals surface area (Å²) in [6.45, 7) is 16.2. The van der Waals surface area contributed by atoms with Crippen molar-refractivity contribution < 1.29 is 19.1 Å². The Hall–Kier alpha value is -2.67. The predicted octanol–water partition coefficient (Wildman–Crippen LogP) is 12.2. The topological polar surface area (TPSA) is 114 Å². The molecular formula is C56H70Br4Cl2N8O4. The number of piperazine rings is 2. The van der Waals surface area contributed by atoms with Gasteiger partial charge in [0.05, 0.1) is 33.5 Å². The summed E-state index contributed by atoms with van der Waals surface area (Å²) in [5.41, 5.74) is 9.24. The zero-order valence-corrected chi connectivity index (χ0v) is 51.2. The van der Waals surface area contributed by atoms with Crippen LogP contribution in [-0.4, -0.2) is 137 Å². The minimum absolute atomic E-state index is 0.0172. The molecule has 2 aromatic carbocycles. The number of nitrogens with zero attached hydrogens (tertiary/aromatic N) is 7. The molecule has 4 aromatic rings. The summed E-state index contributed by atoms with van der Waals surface area (Å²) < 4.78 is 9.46. The van der Waals surface area contributed by atoms with Gasteiger partial charge in [0.1, 0.15) is 5.60 Å². The van der Waals surface area contributed by atoms with Gasteiger partial charge in [0.25, 0.3) is 0 Å². The summed E-state index contributed by atoms with van der Waals surface area (Å²) in [5, 5.41) is 4.68. The molecule has 3 aliphatic heterocycles. The van der Waals surface area contributed by atoms with Crippen LogP contribution in [0.5, 0.6) is 0 Å². The zero-order chi connectivity index (χ0) is 52.8. The van der Waals surface area contributed by atoms with Gasteiger partial charge in [-0.25, -0.2) is 4.79 Å². The Morgan fingerprint density at radius 3 is 1.61 bits per heavy atom. The molecule has 1 N–H and O–H groups in total. The Kier molecular flexibility index (Phi) is 20.1. The maximum absolute atomic E-state index is 13.3. The van der Waals surface area contributed by atoms with Crippen LogP contribution in [0, 0.1) is 11.8 Å². The van der Waals surface area contributed by atoms with E-state index in [1.165, 1.54) is 33.4 Å². The molecule has 0 saturated carbocycles. The average Bonchev–Trinajstić information content (AvgIpc) is 3.65. The predicted molar refractivity (Wildman–Crippen MR) is 309 cm³/mol. The number of pyridine rings is 2. The Balaban J connectivity index is 0.000000200. The lowest BCUT2D eigenvalue weighted by Crippen LogP contribution is -2.50. The molecule has 5 aliphatic rings. The van der Waals surface area contributed by atoms with E-state index in [9.17, 15) is 14.4 Å². The first-order valence-electron chi connectivity index (χ1n) is 26.3. The molecule has 18 heteroatoms. The fourth-order valence-electron chi connectivity index (χ4n) is 11.3. The number of carbonyl (C=O) groups excluding carboxylic acids is 3. The van der Waals surface area contributed by atoms with Crippen LogP contribution in [0.4, 0.5) is 4.79 Å². The Morgan fingerprint density at radius 1 is 0.689 bits per heavy atom. The number of aromatic nitrogens is 2. The summed E-state index contributed by atoms with van der Waals surface area (Å²) in [6, 6.07) is 12.7. The highest BCUT2D eigenvalue weighted by molar-refractivity contribution is 9.11. The highest BCUT2D eigenvalue weighted by Crippen LogP contribution is 2.43. The number of hydrogen-bond donors (Lipinski definition) is 1. The lowest BCUT2D eigenvalue weighted by Gasteiger charge is -2.40. The third kappa shape index (κ3) is 13.9. The van der Waals surface area contributed by atoms with E-state index in [1.807, 2.05) is 57.2 Å². The van der Waals surface area contributed by atoms with Gasteiger partial charge in [0.15, 0.2) is 0 Å². The van der Waals surface area contributed by atoms with Crippen LogP contribution in [0.3, 0.4) is 0 Å². The van der Waals surface area contributed by atoms with Crippen molar-refractivity contribution in [3.05, 3.63) is 121 Å². The molecule has 3 fully saturated rings. The second-order valence-electron chi connectivity index (χ2n) is 21.4. The third-order valence-electron chi connectivity index (χ3n) is 15.4. The highest BCUT2D eigenvalue weighted by atomic mass is 79.9. The molecule has 0 spiro atoms. The number of hydrogen-bond acceptors (Lipinski definition) is 9. The SMILES string of the molecule is CC(C)(C)OC(=O)N1CCC(CC(=O)N2CCN(C3c4ccc(Cl)c(Br)c4CCc4cc(Br)cnc43)CC2)CC1.CCC(CCNC)CC(=O)N1CCN(C2c3ccc(Cl)c(Br)c3CCc3cc(Br)cnc32)CC1. The number of likely N-dealkylation sites (tertiary alicyclic amines) is 1. The minimum atomic E-state index is -0.497. The number of fused-ring (bicyclic) bond motifs is 4. The summed E-state index contributed by atoms with van der Waals surface area (Å²) in [6.07, 6.45) is 12.1. The molecular weight excluding hydrogens is 1240 g/mol. The molecule has 0 radical (unpaired) electrons. The maximum atomic E-state index is 13.3. The van der Waals surface area contributed by atoms with Crippen LogP contribution in [0.2, 0.25) is 10.0 Å². The van der Waals surface area contributed by atoms with Crippen LogP contribution < -0.4 is 5.32 Å². The quantitative estimate of drug-likeness (QED) is 0.166. The van der Waals surface area contributed by atoms with Crippen LogP contribution >= 0.6 is 86.9 Å². The van der Waals surface area contributed by atoms with E-state index in [-0.39, 0.29) is 24.1 Å². The first-order valence-corrected chi connectivity index (χ1v) is 30.2. The van der Waals surface area contributed by atoms with Crippen molar-refractivity contribution in [2.75, 3.05) is 79.0 Å². The van der Waals surface area contributed by atoms with Crippen molar-refractivity contribution in [1.82, 2.24) is 39.8 Å². The van der Waals surface area contributed by atoms with Gasteiger partial charge in [0, 0.05) is 109 Å². The number of rotatable bonds is 10. The molecule has 5 heterocycles. The summed E-state index contributed by atoms with van der Waals surface area (Å²) in [5.74, 6) is 1.26. The Bertz CT molecular complexity index is 2650. The number of piperidine rings is 1. The second-order valence-corrected chi connectivity index (χ2v) is 25.6.